The van der Waals surface area contributed by atoms with Gasteiger partial charge in [0.25, 0.3) is 0 Å². The summed E-state index contributed by atoms with van der Waals surface area (Å²) < 4.78 is 0. The molecule has 0 saturated heterocycles. The van der Waals surface area contributed by atoms with Crippen LogP contribution in [0.3, 0.4) is 0 Å². The van der Waals surface area contributed by atoms with Gasteiger partial charge in [-0.15, -0.1) is 11.3 Å². The summed E-state index contributed by atoms with van der Waals surface area (Å²) in [6.07, 6.45) is 4.42. The first-order valence-corrected chi connectivity index (χ1v) is 8.91. The van der Waals surface area contributed by atoms with Crippen LogP contribution < -0.4 is 0 Å². The lowest BCUT2D eigenvalue weighted by molar-refractivity contribution is 0.659. The molecule has 1 heteroatoms. The van der Waals surface area contributed by atoms with Crippen molar-refractivity contribution < 1.29 is 0 Å². The Labute approximate surface area is 142 Å². The van der Waals surface area contributed by atoms with E-state index in [1.165, 1.54) is 38.3 Å². The summed E-state index contributed by atoms with van der Waals surface area (Å²) in [5.41, 5.74) is 8.35. The zero-order chi connectivity index (χ0) is 16.0. The predicted octanol–water partition coefficient (Wildman–Crippen LogP) is 6.53. The number of hydrogen-bond donors (Lipinski definition) is 0. The fraction of sp³-hybridized carbons (Fsp3) is 0.182. The van der Waals surface area contributed by atoms with Crippen LogP contribution in [0.15, 0.2) is 53.9 Å². The Morgan fingerprint density at radius 1 is 0.870 bits per heavy atom. The molecule has 114 valence electrons. The standard InChI is InChI=1S/C22H20S/c1-15-6-10-18-19-11-8-16(7-9-17-5-4-12-23-17)14-21(19)22(2,3)20(18)13-15/h4-14H,1-3H3/b9-7+. The van der Waals surface area contributed by atoms with Gasteiger partial charge in [0.1, 0.15) is 0 Å². The van der Waals surface area contributed by atoms with E-state index in [0.29, 0.717) is 0 Å². The summed E-state index contributed by atoms with van der Waals surface area (Å²) in [5, 5.41) is 2.12. The molecule has 0 spiro atoms. The molecule has 0 atom stereocenters. The summed E-state index contributed by atoms with van der Waals surface area (Å²) in [4.78, 5) is 1.30. The summed E-state index contributed by atoms with van der Waals surface area (Å²) in [6, 6.07) is 18.0. The molecular formula is C22H20S. The van der Waals surface area contributed by atoms with Gasteiger partial charge < -0.3 is 0 Å². The molecule has 0 bridgehead atoms. The quantitative estimate of drug-likeness (QED) is 0.504. The topological polar surface area (TPSA) is 0 Å². The van der Waals surface area contributed by atoms with Crippen LogP contribution >= 0.6 is 11.3 Å². The summed E-state index contributed by atoms with van der Waals surface area (Å²) in [5.74, 6) is 0. The minimum atomic E-state index is 0.0729. The normalized spacial score (nSPS) is 14.9. The molecule has 1 aromatic heterocycles. The third kappa shape index (κ3) is 2.36. The Kier molecular flexibility index (Phi) is 3.28. The maximum absolute atomic E-state index is 2.36. The van der Waals surface area contributed by atoms with E-state index >= 15 is 0 Å². The molecule has 23 heavy (non-hydrogen) atoms. The average Bonchev–Trinajstić information content (AvgIpc) is 3.12. The van der Waals surface area contributed by atoms with E-state index < -0.39 is 0 Å². The zero-order valence-electron chi connectivity index (χ0n) is 13.8. The highest BCUT2D eigenvalue weighted by atomic mass is 32.1. The Balaban J connectivity index is 1.79. The SMILES string of the molecule is Cc1ccc2c(c1)C(C)(C)c1cc(/C=C/c3cccs3)ccc1-2. The predicted molar refractivity (Wildman–Crippen MR) is 102 cm³/mol. The lowest BCUT2D eigenvalue weighted by Crippen LogP contribution is -2.15. The van der Waals surface area contributed by atoms with Gasteiger partial charge >= 0.3 is 0 Å². The van der Waals surface area contributed by atoms with Crippen LogP contribution in [0.5, 0.6) is 0 Å². The van der Waals surface area contributed by atoms with Gasteiger partial charge in [0.05, 0.1) is 0 Å². The van der Waals surface area contributed by atoms with E-state index in [1.807, 2.05) is 0 Å². The molecule has 1 aliphatic carbocycles. The first-order valence-electron chi connectivity index (χ1n) is 8.03. The number of rotatable bonds is 2. The summed E-state index contributed by atoms with van der Waals surface area (Å²) >= 11 is 1.77. The summed E-state index contributed by atoms with van der Waals surface area (Å²) in [6.45, 7) is 6.85. The molecule has 0 unspecified atom stereocenters. The average molecular weight is 316 g/mol. The van der Waals surface area contributed by atoms with Crippen LogP contribution in [0, 0.1) is 6.92 Å². The first kappa shape index (κ1) is 14.5. The van der Waals surface area contributed by atoms with Crippen molar-refractivity contribution in [3.05, 3.63) is 81.0 Å². The Morgan fingerprint density at radius 2 is 1.61 bits per heavy atom. The second-order valence-electron chi connectivity index (χ2n) is 6.83. The maximum Gasteiger partial charge on any atom is 0.0270 e. The molecule has 0 radical (unpaired) electrons. The third-order valence-electron chi connectivity index (χ3n) is 4.84. The van der Waals surface area contributed by atoms with E-state index in [0.717, 1.165) is 0 Å². The first-order chi connectivity index (χ1) is 11.1. The van der Waals surface area contributed by atoms with E-state index in [2.05, 4.69) is 86.8 Å². The minimum absolute atomic E-state index is 0.0729. The highest BCUT2D eigenvalue weighted by Gasteiger charge is 2.35. The lowest BCUT2D eigenvalue weighted by atomic mass is 9.81. The number of hydrogen-bond acceptors (Lipinski definition) is 1. The van der Waals surface area contributed by atoms with Crippen LogP contribution in [0.4, 0.5) is 0 Å². The molecule has 4 rings (SSSR count). The molecule has 1 aliphatic rings. The van der Waals surface area contributed by atoms with Gasteiger partial charge in [0.2, 0.25) is 0 Å². The van der Waals surface area contributed by atoms with Crippen LogP contribution in [-0.4, -0.2) is 0 Å². The van der Waals surface area contributed by atoms with Crippen molar-refractivity contribution >= 4 is 23.5 Å². The molecule has 2 aromatic carbocycles. The van der Waals surface area contributed by atoms with Gasteiger partial charge in [0.15, 0.2) is 0 Å². The molecule has 0 N–H and O–H groups in total. The molecule has 0 saturated carbocycles. The van der Waals surface area contributed by atoms with Gasteiger partial charge in [-0.1, -0.05) is 68.0 Å². The maximum atomic E-state index is 2.36. The smallest absolute Gasteiger partial charge is 0.0270 e. The number of fused-ring (bicyclic) bond motifs is 3. The third-order valence-corrected chi connectivity index (χ3v) is 5.68. The largest absolute Gasteiger partial charge is 0.144 e. The fourth-order valence-corrected chi connectivity index (χ4v) is 4.16. The van der Waals surface area contributed by atoms with E-state index in [-0.39, 0.29) is 5.41 Å². The van der Waals surface area contributed by atoms with Crippen molar-refractivity contribution in [1.82, 2.24) is 0 Å². The number of aryl methyl sites for hydroxylation is 1. The van der Waals surface area contributed by atoms with Gasteiger partial charge in [-0.3, -0.25) is 0 Å². The van der Waals surface area contributed by atoms with E-state index in [4.69, 9.17) is 0 Å². The van der Waals surface area contributed by atoms with E-state index in [1.54, 1.807) is 11.3 Å². The summed E-state index contributed by atoms with van der Waals surface area (Å²) in [7, 11) is 0. The van der Waals surface area contributed by atoms with Crippen LogP contribution in [0.2, 0.25) is 0 Å². The van der Waals surface area contributed by atoms with Crippen molar-refractivity contribution in [3.63, 3.8) is 0 Å². The van der Waals surface area contributed by atoms with Crippen LogP contribution in [-0.2, 0) is 5.41 Å². The van der Waals surface area contributed by atoms with Crippen molar-refractivity contribution in [2.24, 2.45) is 0 Å². The van der Waals surface area contributed by atoms with Crippen molar-refractivity contribution in [1.29, 1.82) is 0 Å². The molecular weight excluding hydrogens is 296 g/mol. The molecule has 0 nitrogen and oxygen atoms in total. The highest BCUT2D eigenvalue weighted by Crippen LogP contribution is 2.49. The molecule has 1 heterocycles. The van der Waals surface area contributed by atoms with Gasteiger partial charge in [0, 0.05) is 10.3 Å². The molecule has 0 aliphatic heterocycles. The van der Waals surface area contributed by atoms with Gasteiger partial charge in [-0.2, -0.15) is 0 Å². The van der Waals surface area contributed by atoms with Crippen LogP contribution in [0.25, 0.3) is 23.3 Å². The lowest BCUT2D eigenvalue weighted by Gasteiger charge is -2.22. The minimum Gasteiger partial charge on any atom is -0.144 e. The zero-order valence-corrected chi connectivity index (χ0v) is 14.6. The second kappa shape index (κ2) is 5.21. The monoisotopic (exact) mass is 316 g/mol. The Bertz CT molecular complexity index is 896. The molecule has 0 fully saturated rings. The number of thiophene rings is 1. The molecule has 3 aromatic rings. The van der Waals surface area contributed by atoms with Crippen molar-refractivity contribution in [2.75, 3.05) is 0 Å². The fourth-order valence-electron chi connectivity index (χ4n) is 3.54. The second-order valence-corrected chi connectivity index (χ2v) is 7.81. The van der Waals surface area contributed by atoms with Gasteiger partial charge in [-0.05, 0) is 52.3 Å². The van der Waals surface area contributed by atoms with Crippen LogP contribution in [0.1, 0.15) is 41.0 Å². The van der Waals surface area contributed by atoms with Crippen molar-refractivity contribution in [3.8, 4) is 11.1 Å². The van der Waals surface area contributed by atoms with Gasteiger partial charge in [-0.25, -0.2) is 0 Å². The van der Waals surface area contributed by atoms with E-state index in [9.17, 15) is 0 Å². The highest BCUT2D eigenvalue weighted by molar-refractivity contribution is 7.10. The molecule has 0 amide bonds. The number of benzene rings is 2. The van der Waals surface area contributed by atoms with Crippen molar-refractivity contribution in [2.45, 2.75) is 26.2 Å². The Morgan fingerprint density at radius 3 is 2.35 bits per heavy atom. The Hall–Kier alpha value is -2.12.